The molecule has 1 aromatic heterocycles. The lowest BCUT2D eigenvalue weighted by Gasteiger charge is -2.14. The summed E-state index contributed by atoms with van der Waals surface area (Å²) in [5.41, 5.74) is 4.11. The van der Waals surface area contributed by atoms with E-state index in [4.69, 9.17) is 11.6 Å². The Hall–Kier alpha value is -3.68. The summed E-state index contributed by atoms with van der Waals surface area (Å²) >= 11 is 5.87. The van der Waals surface area contributed by atoms with Crippen LogP contribution in [0.3, 0.4) is 0 Å². The molecule has 0 bridgehead atoms. The highest BCUT2D eigenvalue weighted by Gasteiger charge is 2.18. The van der Waals surface area contributed by atoms with Gasteiger partial charge in [0.1, 0.15) is 0 Å². The summed E-state index contributed by atoms with van der Waals surface area (Å²) in [5.74, 6) is -0.706. The molecule has 0 fully saturated rings. The third-order valence-corrected chi connectivity index (χ3v) is 5.03. The molecule has 4 aromatic rings. The van der Waals surface area contributed by atoms with E-state index in [1.807, 2.05) is 18.2 Å². The third-order valence-electron chi connectivity index (χ3n) is 4.78. The molecule has 0 aliphatic carbocycles. The maximum absolute atomic E-state index is 12.6. The van der Waals surface area contributed by atoms with Gasteiger partial charge in [0.2, 0.25) is 5.91 Å². The summed E-state index contributed by atoms with van der Waals surface area (Å²) in [7, 11) is 0. The number of aromatic nitrogens is 2. The zero-order valence-electron chi connectivity index (χ0n) is 16.5. The Balaban J connectivity index is 1.63. The average molecular weight is 435 g/mol. The van der Waals surface area contributed by atoms with Crippen molar-refractivity contribution < 1.29 is 14.7 Å². The molecular formula is C23H19ClN4O3. The van der Waals surface area contributed by atoms with Crippen LogP contribution in [0.25, 0.3) is 22.0 Å². The van der Waals surface area contributed by atoms with Gasteiger partial charge >= 0.3 is 0 Å². The van der Waals surface area contributed by atoms with E-state index in [-0.39, 0.29) is 5.91 Å². The number of benzene rings is 3. The Bertz CT molecular complexity index is 1250. The molecule has 4 rings (SSSR count). The van der Waals surface area contributed by atoms with Crippen molar-refractivity contribution >= 4 is 45.7 Å². The number of H-pyrrole nitrogens is 1. The van der Waals surface area contributed by atoms with Gasteiger partial charge in [0.05, 0.1) is 11.7 Å². The molecule has 0 saturated carbocycles. The number of hydrogen-bond acceptors (Lipinski definition) is 4. The molecule has 0 saturated heterocycles. The van der Waals surface area contributed by atoms with Crippen molar-refractivity contribution in [3.05, 3.63) is 77.4 Å². The van der Waals surface area contributed by atoms with Crippen LogP contribution in [0.2, 0.25) is 5.02 Å². The van der Waals surface area contributed by atoms with Crippen molar-refractivity contribution in [1.82, 2.24) is 10.2 Å². The fraction of sp³-hybridized carbons (Fsp3) is 0.0870. The average Bonchev–Trinajstić information content (AvgIpc) is 3.22. The molecule has 0 radical (unpaired) electrons. The highest BCUT2D eigenvalue weighted by Crippen LogP contribution is 2.32. The number of carbonyl (C=O) groups is 2. The normalized spacial score (nSPS) is 11.8. The quantitative estimate of drug-likeness (QED) is 0.370. The van der Waals surface area contributed by atoms with Gasteiger partial charge in [0.15, 0.2) is 6.10 Å². The first-order chi connectivity index (χ1) is 14.9. The van der Waals surface area contributed by atoms with E-state index in [9.17, 15) is 14.7 Å². The number of hydrogen-bond donors (Lipinski definition) is 4. The molecule has 4 N–H and O–H groups in total. The second-order valence-corrected chi connectivity index (χ2v) is 7.49. The van der Waals surface area contributed by atoms with Crippen molar-refractivity contribution in [3.8, 4) is 11.1 Å². The second-order valence-electron chi connectivity index (χ2n) is 7.06. The molecule has 0 aliphatic rings. The third kappa shape index (κ3) is 4.58. The van der Waals surface area contributed by atoms with Crippen LogP contribution < -0.4 is 10.6 Å². The van der Waals surface area contributed by atoms with Crippen LogP contribution >= 0.6 is 11.6 Å². The number of carbonyl (C=O) groups excluding carboxylic acids is 2. The van der Waals surface area contributed by atoms with Gasteiger partial charge in [0, 0.05) is 28.7 Å². The lowest BCUT2D eigenvalue weighted by atomic mass is 10.0. The first kappa shape index (κ1) is 20.6. The van der Waals surface area contributed by atoms with Crippen LogP contribution in [0.4, 0.5) is 11.4 Å². The molecule has 0 aliphatic heterocycles. The highest BCUT2D eigenvalue weighted by molar-refractivity contribution is 6.30. The van der Waals surface area contributed by atoms with E-state index in [0.29, 0.717) is 22.0 Å². The summed E-state index contributed by atoms with van der Waals surface area (Å²) in [4.78, 5) is 23.8. The van der Waals surface area contributed by atoms with E-state index in [1.165, 1.54) is 6.92 Å². The minimum Gasteiger partial charge on any atom is -0.378 e. The number of aromatic amines is 1. The van der Waals surface area contributed by atoms with Gasteiger partial charge in [0.25, 0.3) is 5.91 Å². The van der Waals surface area contributed by atoms with E-state index in [0.717, 1.165) is 22.0 Å². The Labute approximate surface area is 183 Å². The number of aliphatic hydroxyl groups is 1. The zero-order chi connectivity index (χ0) is 22.0. The second kappa shape index (κ2) is 8.59. The SMILES string of the molecule is CC(=O)Nc1ccc(-c2cc(NC(=O)C(O)c3ccc(Cl)cc3)cc3[nH]ncc23)cc1. The molecule has 156 valence electrons. The largest absolute Gasteiger partial charge is 0.378 e. The maximum Gasteiger partial charge on any atom is 0.257 e. The van der Waals surface area contributed by atoms with Crippen molar-refractivity contribution in [2.24, 2.45) is 0 Å². The van der Waals surface area contributed by atoms with Gasteiger partial charge in [-0.1, -0.05) is 35.9 Å². The molecule has 1 unspecified atom stereocenters. The van der Waals surface area contributed by atoms with Gasteiger partial charge in [-0.05, 0) is 53.1 Å². The molecule has 8 heteroatoms. The highest BCUT2D eigenvalue weighted by atomic mass is 35.5. The number of halogens is 1. The Kier molecular flexibility index (Phi) is 5.70. The number of aliphatic hydroxyl groups excluding tert-OH is 1. The van der Waals surface area contributed by atoms with Crippen molar-refractivity contribution in [3.63, 3.8) is 0 Å². The topological polar surface area (TPSA) is 107 Å². The molecule has 7 nitrogen and oxygen atoms in total. The molecule has 0 spiro atoms. The number of nitrogens with one attached hydrogen (secondary N) is 3. The number of nitrogens with zero attached hydrogens (tertiary/aromatic N) is 1. The Morgan fingerprint density at radius 2 is 1.71 bits per heavy atom. The van der Waals surface area contributed by atoms with Crippen LogP contribution in [-0.2, 0) is 9.59 Å². The van der Waals surface area contributed by atoms with E-state index >= 15 is 0 Å². The van der Waals surface area contributed by atoms with Crippen LogP contribution in [0.5, 0.6) is 0 Å². The van der Waals surface area contributed by atoms with Crippen LogP contribution in [0, 0.1) is 0 Å². The van der Waals surface area contributed by atoms with E-state index < -0.39 is 12.0 Å². The molecule has 1 heterocycles. The Morgan fingerprint density at radius 3 is 2.39 bits per heavy atom. The predicted molar refractivity (Wildman–Crippen MR) is 121 cm³/mol. The van der Waals surface area contributed by atoms with Gasteiger partial charge in [-0.25, -0.2) is 0 Å². The summed E-state index contributed by atoms with van der Waals surface area (Å²) in [6.07, 6.45) is 0.371. The van der Waals surface area contributed by atoms with Crippen molar-refractivity contribution in [2.75, 3.05) is 10.6 Å². The van der Waals surface area contributed by atoms with Gasteiger partial charge in [-0.2, -0.15) is 5.10 Å². The molecule has 3 aromatic carbocycles. The fourth-order valence-electron chi connectivity index (χ4n) is 3.31. The number of amides is 2. The molecular weight excluding hydrogens is 416 g/mol. The van der Waals surface area contributed by atoms with Crippen LogP contribution in [0.1, 0.15) is 18.6 Å². The summed E-state index contributed by atoms with van der Waals surface area (Å²) in [6.45, 7) is 1.45. The zero-order valence-corrected chi connectivity index (χ0v) is 17.3. The lowest BCUT2D eigenvalue weighted by Crippen LogP contribution is -2.20. The standard InChI is InChI=1S/C23H19ClN4O3/c1-13(29)26-17-8-4-14(5-9-17)19-10-18(11-21-20(19)12-25-28-21)27-23(31)22(30)15-2-6-16(24)7-3-15/h2-12,22,30H,1H3,(H,25,28)(H,26,29)(H,27,31). The smallest absolute Gasteiger partial charge is 0.257 e. The number of fused-ring (bicyclic) bond motifs is 1. The summed E-state index contributed by atoms with van der Waals surface area (Å²) < 4.78 is 0. The molecule has 31 heavy (non-hydrogen) atoms. The first-order valence-electron chi connectivity index (χ1n) is 9.50. The minimum absolute atomic E-state index is 0.145. The fourth-order valence-corrected chi connectivity index (χ4v) is 3.43. The Morgan fingerprint density at radius 1 is 1.00 bits per heavy atom. The van der Waals surface area contributed by atoms with Crippen molar-refractivity contribution in [2.45, 2.75) is 13.0 Å². The van der Waals surface area contributed by atoms with E-state index in [2.05, 4.69) is 20.8 Å². The summed E-state index contributed by atoms with van der Waals surface area (Å²) in [5, 5.41) is 24.3. The van der Waals surface area contributed by atoms with E-state index in [1.54, 1.807) is 48.7 Å². The van der Waals surface area contributed by atoms with Crippen molar-refractivity contribution in [1.29, 1.82) is 0 Å². The molecule has 1 atom stereocenters. The predicted octanol–water partition coefficient (Wildman–Crippen LogP) is 4.51. The number of rotatable bonds is 5. The monoisotopic (exact) mass is 434 g/mol. The first-order valence-corrected chi connectivity index (χ1v) is 9.88. The van der Waals surface area contributed by atoms with Gasteiger partial charge in [-0.3, -0.25) is 14.7 Å². The van der Waals surface area contributed by atoms with Gasteiger partial charge < -0.3 is 15.7 Å². The molecule has 2 amide bonds. The minimum atomic E-state index is -1.34. The van der Waals surface area contributed by atoms with Crippen LogP contribution in [0.15, 0.2) is 66.9 Å². The lowest BCUT2D eigenvalue weighted by molar-refractivity contribution is -0.124. The van der Waals surface area contributed by atoms with Gasteiger partial charge in [-0.15, -0.1) is 0 Å². The number of anilines is 2. The summed E-state index contributed by atoms with van der Waals surface area (Å²) in [6, 6.07) is 17.4. The maximum atomic E-state index is 12.6. The van der Waals surface area contributed by atoms with Crippen LogP contribution in [-0.4, -0.2) is 27.1 Å².